The molecule has 0 atom stereocenters. The molecule has 1 aromatic heterocycles. The molecule has 21 heavy (non-hydrogen) atoms. The van der Waals surface area contributed by atoms with Gasteiger partial charge in [0.1, 0.15) is 0 Å². The third-order valence-corrected chi connectivity index (χ3v) is 3.18. The van der Waals surface area contributed by atoms with Crippen molar-refractivity contribution in [1.29, 1.82) is 0 Å². The Morgan fingerprint density at radius 2 is 2.10 bits per heavy atom. The number of rotatable bonds is 5. The summed E-state index contributed by atoms with van der Waals surface area (Å²) < 4.78 is 0. The molecule has 0 saturated carbocycles. The normalized spacial score (nSPS) is 10.7. The smallest absolute Gasteiger partial charge is 0.272 e. The van der Waals surface area contributed by atoms with Crippen LogP contribution in [0, 0.1) is 0 Å². The highest BCUT2D eigenvalue weighted by molar-refractivity contribution is 7.99. The molecule has 9 heteroatoms. The third-order valence-electron chi connectivity index (χ3n) is 2.22. The van der Waals surface area contributed by atoms with Crippen molar-refractivity contribution >= 4 is 23.9 Å². The number of amides is 1. The molecular formula is C12H11N5O3S. The molecule has 0 aliphatic carbocycles. The topological polar surface area (TPSA) is 120 Å². The Labute approximate surface area is 122 Å². The molecule has 1 amide bonds. The van der Waals surface area contributed by atoms with Gasteiger partial charge < -0.3 is 0 Å². The Morgan fingerprint density at radius 1 is 1.33 bits per heavy atom. The predicted octanol–water partition coefficient (Wildman–Crippen LogP) is -0.299. The lowest BCUT2D eigenvalue weighted by molar-refractivity contribution is -0.118. The van der Waals surface area contributed by atoms with Gasteiger partial charge in [-0.3, -0.25) is 14.6 Å². The molecule has 1 aromatic carbocycles. The van der Waals surface area contributed by atoms with Crippen LogP contribution in [-0.4, -0.2) is 33.1 Å². The van der Waals surface area contributed by atoms with Gasteiger partial charge in [0.15, 0.2) is 5.03 Å². The number of benzene rings is 1. The molecule has 0 aliphatic heterocycles. The van der Waals surface area contributed by atoms with Crippen LogP contribution in [0.25, 0.3) is 0 Å². The number of hydrogen-bond donors (Lipinski definition) is 3. The van der Waals surface area contributed by atoms with E-state index >= 15 is 0 Å². The molecule has 108 valence electrons. The molecular weight excluding hydrogens is 294 g/mol. The summed E-state index contributed by atoms with van der Waals surface area (Å²) in [6, 6.07) is 9.27. The van der Waals surface area contributed by atoms with Crippen LogP contribution in [0.5, 0.6) is 0 Å². The van der Waals surface area contributed by atoms with Gasteiger partial charge in [-0.2, -0.15) is 10.2 Å². The maximum Gasteiger partial charge on any atom is 0.342 e. The van der Waals surface area contributed by atoms with Gasteiger partial charge in [-0.1, -0.05) is 42.1 Å². The molecule has 0 radical (unpaired) electrons. The Hall–Kier alpha value is -2.68. The SMILES string of the molecule is O=C(CSc1n[nH]c(=O)[nH]c1=O)N/N=C/c1ccccc1. The van der Waals surface area contributed by atoms with E-state index in [-0.39, 0.29) is 16.7 Å². The lowest BCUT2D eigenvalue weighted by Crippen LogP contribution is -2.26. The number of carbonyl (C=O) groups is 1. The van der Waals surface area contributed by atoms with E-state index in [9.17, 15) is 14.4 Å². The van der Waals surface area contributed by atoms with Crippen LogP contribution >= 0.6 is 11.8 Å². The van der Waals surface area contributed by atoms with Crippen LogP contribution in [0.15, 0.2) is 50.0 Å². The van der Waals surface area contributed by atoms with E-state index < -0.39 is 11.2 Å². The van der Waals surface area contributed by atoms with Gasteiger partial charge in [0.2, 0.25) is 5.91 Å². The van der Waals surface area contributed by atoms with Crippen molar-refractivity contribution < 1.29 is 4.79 Å². The summed E-state index contributed by atoms with van der Waals surface area (Å²) in [5, 5.41) is 9.43. The van der Waals surface area contributed by atoms with Crippen molar-refractivity contribution in [3.05, 3.63) is 56.7 Å². The number of carbonyl (C=O) groups excluding carboxylic acids is 1. The average molecular weight is 305 g/mol. The van der Waals surface area contributed by atoms with Gasteiger partial charge in [-0.15, -0.1) is 0 Å². The number of thioether (sulfide) groups is 1. The van der Waals surface area contributed by atoms with E-state index in [1.807, 2.05) is 35.3 Å². The third kappa shape index (κ3) is 4.73. The number of nitrogens with zero attached hydrogens (tertiary/aromatic N) is 2. The number of hydrazone groups is 1. The minimum absolute atomic E-state index is 0.0109. The second-order valence-electron chi connectivity index (χ2n) is 3.80. The van der Waals surface area contributed by atoms with Crippen molar-refractivity contribution in [2.24, 2.45) is 5.10 Å². The first-order valence-electron chi connectivity index (χ1n) is 5.84. The minimum Gasteiger partial charge on any atom is -0.272 e. The number of aromatic amines is 2. The summed E-state index contributed by atoms with van der Waals surface area (Å²) in [5.41, 5.74) is 1.85. The lowest BCUT2D eigenvalue weighted by atomic mass is 10.2. The Morgan fingerprint density at radius 3 is 2.81 bits per heavy atom. The van der Waals surface area contributed by atoms with Gasteiger partial charge in [0.25, 0.3) is 5.56 Å². The Balaban J connectivity index is 1.84. The van der Waals surface area contributed by atoms with Crippen LogP contribution in [0.3, 0.4) is 0 Å². The molecule has 0 bridgehead atoms. The fourth-order valence-electron chi connectivity index (χ4n) is 1.32. The molecule has 2 aromatic rings. The second kappa shape index (κ2) is 7.20. The number of aromatic nitrogens is 3. The maximum atomic E-state index is 11.5. The van der Waals surface area contributed by atoms with E-state index in [0.29, 0.717) is 0 Å². The molecule has 0 spiro atoms. The zero-order chi connectivity index (χ0) is 15.1. The van der Waals surface area contributed by atoms with E-state index in [2.05, 4.69) is 20.7 Å². The highest BCUT2D eigenvalue weighted by Gasteiger charge is 2.06. The zero-order valence-electron chi connectivity index (χ0n) is 10.7. The van der Waals surface area contributed by atoms with E-state index in [1.165, 1.54) is 6.21 Å². The summed E-state index contributed by atoms with van der Waals surface area (Å²) in [5.74, 6) is -0.437. The standard InChI is InChI=1S/C12H11N5O3S/c18-9(15-13-6-8-4-2-1-3-5-8)7-21-11-10(19)14-12(20)17-16-11/h1-6H,7H2,(H,15,18)(H2,14,17,19,20)/b13-6+. The van der Waals surface area contributed by atoms with Crippen molar-refractivity contribution in [1.82, 2.24) is 20.6 Å². The highest BCUT2D eigenvalue weighted by atomic mass is 32.2. The lowest BCUT2D eigenvalue weighted by Gasteiger charge is -1.98. The predicted molar refractivity (Wildman–Crippen MR) is 78.4 cm³/mol. The first-order valence-corrected chi connectivity index (χ1v) is 6.82. The Bertz CT molecular complexity index is 753. The summed E-state index contributed by atoms with van der Waals surface area (Å²) >= 11 is 0.899. The van der Waals surface area contributed by atoms with Gasteiger partial charge >= 0.3 is 5.69 Å². The van der Waals surface area contributed by atoms with E-state index in [0.717, 1.165) is 17.3 Å². The van der Waals surface area contributed by atoms with Crippen molar-refractivity contribution in [3.8, 4) is 0 Å². The van der Waals surface area contributed by atoms with Crippen molar-refractivity contribution in [2.75, 3.05) is 5.75 Å². The molecule has 0 unspecified atom stereocenters. The van der Waals surface area contributed by atoms with Crippen molar-refractivity contribution in [3.63, 3.8) is 0 Å². The molecule has 2 rings (SSSR count). The molecule has 0 fully saturated rings. The molecule has 3 N–H and O–H groups in total. The molecule has 8 nitrogen and oxygen atoms in total. The second-order valence-corrected chi connectivity index (χ2v) is 4.77. The minimum atomic E-state index is -0.693. The van der Waals surface area contributed by atoms with Crippen LogP contribution < -0.4 is 16.7 Å². The monoisotopic (exact) mass is 305 g/mol. The van der Waals surface area contributed by atoms with Gasteiger partial charge in [-0.05, 0) is 5.56 Å². The van der Waals surface area contributed by atoms with E-state index in [1.54, 1.807) is 0 Å². The zero-order valence-corrected chi connectivity index (χ0v) is 11.5. The van der Waals surface area contributed by atoms with E-state index in [4.69, 9.17) is 0 Å². The number of H-pyrrole nitrogens is 2. The van der Waals surface area contributed by atoms with Gasteiger partial charge in [-0.25, -0.2) is 15.3 Å². The highest BCUT2D eigenvalue weighted by Crippen LogP contribution is 2.06. The van der Waals surface area contributed by atoms with Crippen LogP contribution in [0.1, 0.15) is 5.56 Å². The summed E-state index contributed by atoms with van der Waals surface area (Å²) in [7, 11) is 0. The first kappa shape index (κ1) is 14.7. The van der Waals surface area contributed by atoms with Crippen LogP contribution in [-0.2, 0) is 4.79 Å². The van der Waals surface area contributed by atoms with Gasteiger partial charge in [0.05, 0.1) is 12.0 Å². The number of nitrogens with one attached hydrogen (secondary N) is 3. The first-order chi connectivity index (χ1) is 10.1. The Kier molecular flexibility index (Phi) is 5.04. The maximum absolute atomic E-state index is 11.5. The molecule has 0 saturated heterocycles. The van der Waals surface area contributed by atoms with Crippen molar-refractivity contribution in [2.45, 2.75) is 5.03 Å². The summed E-state index contributed by atoms with van der Waals surface area (Å²) in [6.07, 6.45) is 1.51. The quantitative estimate of drug-likeness (QED) is 0.398. The van der Waals surface area contributed by atoms with Crippen LogP contribution in [0.2, 0.25) is 0 Å². The molecule has 0 aliphatic rings. The van der Waals surface area contributed by atoms with Gasteiger partial charge in [0, 0.05) is 0 Å². The average Bonchev–Trinajstić information content (AvgIpc) is 2.47. The summed E-state index contributed by atoms with van der Waals surface area (Å²) in [6.45, 7) is 0. The fourth-order valence-corrected chi connectivity index (χ4v) is 1.94. The van der Waals surface area contributed by atoms with Crippen LogP contribution in [0.4, 0.5) is 0 Å². The fraction of sp³-hybridized carbons (Fsp3) is 0.0833. The number of hydrogen-bond acceptors (Lipinski definition) is 6. The molecule has 1 heterocycles. The summed E-state index contributed by atoms with van der Waals surface area (Å²) in [4.78, 5) is 35.6. The largest absolute Gasteiger partial charge is 0.342 e.